The van der Waals surface area contributed by atoms with E-state index >= 15 is 0 Å². The van der Waals surface area contributed by atoms with Gasteiger partial charge < -0.3 is 14.8 Å². The number of alkyl halides is 3. The number of hydrogen-bond donors (Lipinski definition) is 1. The number of methoxy groups -OCH3 is 1. The molecule has 0 spiro atoms. The summed E-state index contributed by atoms with van der Waals surface area (Å²) in [6.07, 6.45) is 1.55. The Bertz CT molecular complexity index is 1300. The van der Waals surface area contributed by atoms with Crippen LogP contribution in [0.5, 0.6) is 11.5 Å². The van der Waals surface area contributed by atoms with E-state index in [9.17, 15) is 17.6 Å². The van der Waals surface area contributed by atoms with Crippen LogP contribution in [0.15, 0.2) is 54.6 Å². The Morgan fingerprint density at radius 3 is 2.52 bits per heavy atom. The second kappa shape index (κ2) is 12.5. The zero-order valence-electron chi connectivity index (χ0n) is 22.8. The predicted octanol–water partition coefficient (Wildman–Crippen LogP) is 7.60. The van der Waals surface area contributed by atoms with Crippen molar-refractivity contribution < 1.29 is 27.0 Å². The Balaban J connectivity index is 1.27. The first-order chi connectivity index (χ1) is 19.3. The van der Waals surface area contributed by atoms with E-state index in [4.69, 9.17) is 9.47 Å². The van der Waals surface area contributed by atoms with Crippen LogP contribution in [0, 0.1) is 5.82 Å². The highest BCUT2D eigenvalue weighted by Crippen LogP contribution is 2.40. The van der Waals surface area contributed by atoms with Gasteiger partial charge in [-0.25, -0.2) is 4.39 Å². The molecule has 1 unspecified atom stereocenters. The molecule has 214 valence electrons. The fraction of sp³-hybridized carbons (Fsp3) is 0.438. The van der Waals surface area contributed by atoms with E-state index in [1.165, 1.54) is 42.5 Å². The zero-order valence-corrected chi connectivity index (χ0v) is 22.8. The summed E-state index contributed by atoms with van der Waals surface area (Å²) in [6, 6.07) is 14.6. The quantitative estimate of drug-likeness (QED) is 0.275. The first-order valence-corrected chi connectivity index (χ1v) is 14.0. The lowest BCUT2D eigenvalue weighted by Gasteiger charge is -2.28. The molecule has 1 atom stereocenters. The molecule has 0 amide bonds. The van der Waals surface area contributed by atoms with Gasteiger partial charge in [-0.3, -0.25) is 4.90 Å². The van der Waals surface area contributed by atoms with E-state index in [-0.39, 0.29) is 18.2 Å². The number of fused-ring (bicyclic) bond motifs is 1. The number of aryl methyl sites for hydroxylation is 1. The third-order valence-electron chi connectivity index (χ3n) is 8.06. The standard InChI is InChI=1S/C32H36F4N2O2/c1-39-27-10-8-23-18-25(7-6-24(23)19-27)28-11-9-26(32(34,35)36)20-30(28)37-21-22-5-12-31(29(33)17-22)40-16-15-38-13-3-2-4-14-38/h5,8-12,17,19-20,25,37H,2-4,6-7,13-16,18,21H2,1H3. The Morgan fingerprint density at radius 2 is 1.77 bits per heavy atom. The summed E-state index contributed by atoms with van der Waals surface area (Å²) in [5.41, 5.74) is 3.59. The molecule has 5 rings (SSSR count). The molecule has 3 aromatic carbocycles. The zero-order chi connectivity index (χ0) is 28.1. The number of nitrogens with one attached hydrogen (secondary N) is 1. The monoisotopic (exact) mass is 556 g/mol. The smallest absolute Gasteiger partial charge is 0.416 e. The second-order valence-electron chi connectivity index (χ2n) is 10.7. The van der Waals surface area contributed by atoms with E-state index < -0.39 is 17.6 Å². The molecule has 0 aromatic heterocycles. The van der Waals surface area contributed by atoms with E-state index in [1.807, 2.05) is 18.2 Å². The molecule has 1 heterocycles. The van der Waals surface area contributed by atoms with Crippen LogP contribution in [0.3, 0.4) is 0 Å². The van der Waals surface area contributed by atoms with Crippen molar-refractivity contribution in [1.82, 2.24) is 4.90 Å². The van der Waals surface area contributed by atoms with Crippen molar-refractivity contribution in [2.75, 3.05) is 38.7 Å². The van der Waals surface area contributed by atoms with Gasteiger partial charge in [0, 0.05) is 18.8 Å². The highest BCUT2D eigenvalue weighted by molar-refractivity contribution is 5.57. The van der Waals surface area contributed by atoms with Gasteiger partial charge in [0.15, 0.2) is 11.6 Å². The normalized spacial score (nSPS) is 17.8. The van der Waals surface area contributed by atoms with Gasteiger partial charge in [0.2, 0.25) is 0 Å². The molecule has 8 heteroatoms. The summed E-state index contributed by atoms with van der Waals surface area (Å²) in [6.45, 7) is 3.48. The third-order valence-corrected chi connectivity index (χ3v) is 8.06. The molecule has 1 N–H and O–H groups in total. The Kier molecular flexibility index (Phi) is 8.84. The summed E-state index contributed by atoms with van der Waals surface area (Å²) >= 11 is 0. The average molecular weight is 557 g/mol. The Hall–Kier alpha value is -3.26. The highest BCUT2D eigenvalue weighted by atomic mass is 19.4. The van der Waals surface area contributed by atoms with Crippen LogP contribution in [0.4, 0.5) is 23.2 Å². The summed E-state index contributed by atoms with van der Waals surface area (Å²) in [4.78, 5) is 2.33. The molecule has 0 bridgehead atoms. The molecule has 4 nitrogen and oxygen atoms in total. The average Bonchev–Trinajstić information content (AvgIpc) is 2.96. The van der Waals surface area contributed by atoms with Crippen LogP contribution in [0.1, 0.15) is 59.4 Å². The fourth-order valence-electron chi connectivity index (χ4n) is 5.80. The third kappa shape index (κ3) is 6.89. The van der Waals surface area contributed by atoms with Gasteiger partial charge in [-0.05, 0) is 110 Å². The van der Waals surface area contributed by atoms with Crippen molar-refractivity contribution >= 4 is 5.69 Å². The van der Waals surface area contributed by atoms with Crippen LogP contribution in [-0.2, 0) is 25.6 Å². The molecule has 2 aliphatic rings. The molecule has 1 aliphatic carbocycles. The summed E-state index contributed by atoms with van der Waals surface area (Å²) in [7, 11) is 1.64. The van der Waals surface area contributed by atoms with Crippen molar-refractivity contribution in [2.45, 2.75) is 57.2 Å². The molecular formula is C32H36F4N2O2. The molecule has 0 saturated carbocycles. The van der Waals surface area contributed by atoms with E-state index in [2.05, 4.69) is 10.2 Å². The Labute approximate surface area is 233 Å². The molecule has 1 aliphatic heterocycles. The lowest BCUT2D eigenvalue weighted by atomic mass is 9.79. The van der Waals surface area contributed by atoms with Crippen LogP contribution < -0.4 is 14.8 Å². The van der Waals surface area contributed by atoms with E-state index in [1.54, 1.807) is 25.3 Å². The van der Waals surface area contributed by atoms with Gasteiger partial charge in [0.05, 0.1) is 12.7 Å². The fourth-order valence-corrected chi connectivity index (χ4v) is 5.80. The second-order valence-corrected chi connectivity index (χ2v) is 10.7. The van der Waals surface area contributed by atoms with E-state index in [0.717, 1.165) is 56.3 Å². The minimum atomic E-state index is -4.45. The van der Waals surface area contributed by atoms with Crippen LogP contribution in [0.2, 0.25) is 0 Å². The van der Waals surface area contributed by atoms with Gasteiger partial charge in [-0.15, -0.1) is 0 Å². The summed E-state index contributed by atoms with van der Waals surface area (Å²) in [5.74, 6) is 0.595. The predicted molar refractivity (Wildman–Crippen MR) is 149 cm³/mol. The minimum Gasteiger partial charge on any atom is -0.497 e. The number of nitrogens with zero attached hydrogens (tertiary/aromatic N) is 1. The molecule has 1 saturated heterocycles. The first kappa shape index (κ1) is 28.3. The lowest BCUT2D eigenvalue weighted by Crippen LogP contribution is -2.33. The molecule has 3 aromatic rings. The van der Waals surface area contributed by atoms with Gasteiger partial charge in [0.25, 0.3) is 0 Å². The van der Waals surface area contributed by atoms with Gasteiger partial charge in [-0.2, -0.15) is 13.2 Å². The first-order valence-electron chi connectivity index (χ1n) is 14.0. The van der Waals surface area contributed by atoms with Crippen molar-refractivity contribution in [3.63, 3.8) is 0 Å². The molecule has 0 radical (unpaired) electrons. The van der Waals surface area contributed by atoms with E-state index in [0.29, 0.717) is 17.9 Å². The van der Waals surface area contributed by atoms with Gasteiger partial charge >= 0.3 is 6.18 Å². The molecular weight excluding hydrogens is 520 g/mol. The minimum absolute atomic E-state index is 0.0677. The highest BCUT2D eigenvalue weighted by Gasteiger charge is 2.32. The topological polar surface area (TPSA) is 33.7 Å². The van der Waals surface area contributed by atoms with Crippen LogP contribution in [0.25, 0.3) is 0 Å². The van der Waals surface area contributed by atoms with Crippen molar-refractivity contribution in [2.24, 2.45) is 0 Å². The number of halogens is 4. The number of benzene rings is 3. The van der Waals surface area contributed by atoms with Crippen LogP contribution >= 0.6 is 0 Å². The van der Waals surface area contributed by atoms with Crippen molar-refractivity contribution in [3.8, 4) is 11.5 Å². The number of hydrogen-bond acceptors (Lipinski definition) is 4. The molecule has 40 heavy (non-hydrogen) atoms. The number of ether oxygens (including phenoxy) is 2. The SMILES string of the molecule is COc1ccc2c(c1)CCC(c1ccc(C(F)(F)F)cc1NCc1ccc(OCCN3CCCCC3)c(F)c1)C2. The largest absolute Gasteiger partial charge is 0.497 e. The maximum atomic E-state index is 14.8. The molecule has 1 fully saturated rings. The maximum Gasteiger partial charge on any atom is 0.416 e. The number of rotatable bonds is 9. The number of likely N-dealkylation sites (tertiary alicyclic amines) is 1. The maximum absolute atomic E-state index is 14.8. The summed E-state index contributed by atoms with van der Waals surface area (Å²) < 4.78 is 66.6. The van der Waals surface area contributed by atoms with Gasteiger partial charge in [0.1, 0.15) is 12.4 Å². The lowest BCUT2D eigenvalue weighted by molar-refractivity contribution is -0.137. The number of anilines is 1. The van der Waals surface area contributed by atoms with Crippen molar-refractivity contribution in [1.29, 1.82) is 0 Å². The number of piperidine rings is 1. The van der Waals surface area contributed by atoms with Crippen LogP contribution in [-0.4, -0.2) is 38.3 Å². The van der Waals surface area contributed by atoms with Crippen molar-refractivity contribution in [3.05, 3.63) is 88.2 Å². The Morgan fingerprint density at radius 1 is 0.950 bits per heavy atom. The van der Waals surface area contributed by atoms with Gasteiger partial charge in [-0.1, -0.05) is 24.6 Å². The summed E-state index contributed by atoms with van der Waals surface area (Å²) in [5, 5.41) is 3.18.